The highest BCUT2D eigenvalue weighted by atomic mass is 32.1. The monoisotopic (exact) mass is 457 g/mol. The van der Waals surface area contributed by atoms with Crippen molar-refractivity contribution in [1.82, 2.24) is 24.3 Å². The van der Waals surface area contributed by atoms with Crippen molar-refractivity contribution in [2.75, 3.05) is 19.6 Å². The summed E-state index contributed by atoms with van der Waals surface area (Å²) in [6.07, 6.45) is 5.26. The van der Waals surface area contributed by atoms with Gasteiger partial charge in [0.2, 0.25) is 11.8 Å². The molecule has 32 heavy (non-hydrogen) atoms. The van der Waals surface area contributed by atoms with Gasteiger partial charge in [-0.1, -0.05) is 0 Å². The first kappa shape index (κ1) is 21.6. The summed E-state index contributed by atoms with van der Waals surface area (Å²) in [5, 5.41) is 12.7. The number of hydrogen-bond acceptors (Lipinski definition) is 6. The van der Waals surface area contributed by atoms with Crippen LogP contribution in [-0.2, 0) is 16.1 Å². The first-order chi connectivity index (χ1) is 15.3. The number of amides is 2. The Bertz CT molecular complexity index is 1030. The van der Waals surface area contributed by atoms with E-state index in [9.17, 15) is 14.7 Å². The van der Waals surface area contributed by atoms with Gasteiger partial charge in [0.05, 0.1) is 40.8 Å². The predicted octanol–water partition coefficient (Wildman–Crippen LogP) is 2.34. The minimum atomic E-state index is -0.640. The number of carbonyl (C=O) groups is 2. The standard InChI is InChI=1S/C23H31N5O3S/c1-14(2)28-10-20(24-13-28)19-9-27(21(30)16-6-18(29)7-16)12-23(19)4-5-26(22(23)31)8-17-11-32-15(3)25-17/h10-11,13-14,16,18-19,29H,4-9,12H2,1-3H3. The molecule has 1 saturated carbocycles. The first-order valence-corrected chi connectivity index (χ1v) is 12.4. The van der Waals surface area contributed by atoms with Crippen molar-refractivity contribution in [3.8, 4) is 0 Å². The topological polar surface area (TPSA) is 91.6 Å². The lowest BCUT2D eigenvalue weighted by Crippen LogP contribution is -2.44. The van der Waals surface area contributed by atoms with Crippen molar-refractivity contribution in [1.29, 1.82) is 0 Å². The molecule has 0 bridgehead atoms. The Hall–Kier alpha value is -2.26. The van der Waals surface area contributed by atoms with Gasteiger partial charge >= 0.3 is 0 Å². The van der Waals surface area contributed by atoms with Crippen LogP contribution in [0.1, 0.15) is 61.5 Å². The molecule has 2 unspecified atom stereocenters. The number of aryl methyl sites for hydroxylation is 1. The number of likely N-dealkylation sites (tertiary alicyclic amines) is 2. The normalized spacial score (nSPS) is 30.0. The van der Waals surface area contributed by atoms with Crippen molar-refractivity contribution < 1.29 is 14.7 Å². The van der Waals surface area contributed by atoms with Gasteiger partial charge in [0.15, 0.2) is 0 Å². The van der Waals surface area contributed by atoms with Gasteiger partial charge in [0.1, 0.15) is 0 Å². The SMILES string of the molecule is Cc1nc(CN2CCC3(CN(C(=O)C4CC(O)C4)CC3c3cn(C(C)C)cn3)C2=O)cs1. The summed E-state index contributed by atoms with van der Waals surface area (Å²) in [6.45, 7) is 8.30. The van der Waals surface area contributed by atoms with E-state index in [4.69, 9.17) is 0 Å². The zero-order valence-corrected chi connectivity index (χ0v) is 19.7. The molecule has 0 radical (unpaired) electrons. The molecule has 8 nitrogen and oxygen atoms in total. The third-order valence-corrected chi connectivity index (χ3v) is 8.27. The van der Waals surface area contributed by atoms with Gasteiger partial charge in [-0.05, 0) is 40.0 Å². The van der Waals surface area contributed by atoms with Crippen molar-refractivity contribution in [2.24, 2.45) is 11.3 Å². The fourth-order valence-corrected chi connectivity index (χ4v) is 6.08. The van der Waals surface area contributed by atoms with Crippen LogP contribution in [0, 0.1) is 18.3 Å². The Morgan fingerprint density at radius 3 is 2.78 bits per heavy atom. The van der Waals surface area contributed by atoms with Gasteiger partial charge in [-0.2, -0.15) is 0 Å². The molecule has 9 heteroatoms. The smallest absolute Gasteiger partial charge is 0.231 e. The Balaban J connectivity index is 1.42. The Morgan fingerprint density at radius 1 is 1.38 bits per heavy atom. The molecule has 3 aliphatic rings. The molecule has 0 aromatic carbocycles. The van der Waals surface area contributed by atoms with Crippen LogP contribution in [-0.4, -0.2) is 67.0 Å². The summed E-state index contributed by atoms with van der Waals surface area (Å²) >= 11 is 1.60. The number of imidazole rings is 1. The van der Waals surface area contributed by atoms with E-state index in [2.05, 4.69) is 28.4 Å². The minimum absolute atomic E-state index is 0.0712. The Kier molecular flexibility index (Phi) is 5.36. The minimum Gasteiger partial charge on any atom is -0.393 e. The maximum absolute atomic E-state index is 13.8. The highest BCUT2D eigenvalue weighted by Crippen LogP contribution is 2.50. The number of carbonyl (C=O) groups excluding carboxylic acids is 2. The molecule has 2 atom stereocenters. The summed E-state index contributed by atoms with van der Waals surface area (Å²) in [4.78, 5) is 39.9. The fourth-order valence-electron chi connectivity index (χ4n) is 5.47. The average Bonchev–Trinajstić information content (AvgIpc) is 3.50. The van der Waals surface area contributed by atoms with Gasteiger partial charge < -0.3 is 19.5 Å². The van der Waals surface area contributed by atoms with Crippen molar-refractivity contribution in [3.63, 3.8) is 0 Å². The molecule has 5 rings (SSSR count). The summed E-state index contributed by atoms with van der Waals surface area (Å²) in [7, 11) is 0. The van der Waals surface area contributed by atoms with E-state index in [-0.39, 0.29) is 35.8 Å². The quantitative estimate of drug-likeness (QED) is 0.744. The van der Waals surface area contributed by atoms with Crippen LogP contribution in [0.25, 0.3) is 0 Å². The predicted molar refractivity (Wildman–Crippen MR) is 120 cm³/mol. The summed E-state index contributed by atoms with van der Waals surface area (Å²) in [6, 6.07) is 0.284. The number of aliphatic hydroxyl groups is 1. The molecule has 2 aliphatic heterocycles. The molecule has 172 valence electrons. The molecule has 4 heterocycles. The third kappa shape index (κ3) is 3.55. The van der Waals surface area contributed by atoms with Gasteiger partial charge in [-0.3, -0.25) is 9.59 Å². The average molecular weight is 458 g/mol. The molecule has 1 spiro atoms. The zero-order chi connectivity index (χ0) is 22.6. The van der Waals surface area contributed by atoms with Crippen molar-refractivity contribution in [3.05, 3.63) is 34.3 Å². The van der Waals surface area contributed by atoms with E-state index < -0.39 is 5.41 Å². The molecule has 2 amide bonds. The van der Waals surface area contributed by atoms with E-state index in [0.29, 0.717) is 45.4 Å². The van der Waals surface area contributed by atoms with Crippen molar-refractivity contribution >= 4 is 23.2 Å². The van der Waals surface area contributed by atoms with Gasteiger partial charge in [0.25, 0.3) is 0 Å². The van der Waals surface area contributed by atoms with Crippen LogP contribution in [0.5, 0.6) is 0 Å². The highest BCUT2D eigenvalue weighted by molar-refractivity contribution is 7.09. The Labute approximate surface area is 192 Å². The highest BCUT2D eigenvalue weighted by Gasteiger charge is 2.59. The molecule has 3 fully saturated rings. The van der Waals surface area contributed by atoms with Gasteiger partial charge in [-0.25, -0.2) is 9.97 Å². The summed E-state index contributed by atoms with van der Waals surface area (Å²) in [5.74, 6) is -0.0660. The maximum atomic E-state index is 13.8. The lowest BCUT2D eigenvalue weighted by atomic mass is 9.75. The molecular weight excluding hydrogens is 426 g/mol. The number of nitrogens with zero attached hydrogens (tertiary/aromatic N) is 5. The molecule has 1 aliphatic carbocycles. The van der Waals surface area contributed by atoms with Crippen LogP contribution < -0.4 is 0 Å². The number of thiazole rings is 1. The molecule has 2 aromatic heterocycles. The molecule has 2 aromatic rings. The lowest BCUT2D eigenvalue weighted by molar-refractivity contribution is -0.142. The van der Waals surface area contributed by atoms with E-state index in [1.807, 2.05) is 34.6 Å². The van der Waals surface area contributed by atoms with E-state index in [1.165, 1.54) is 0 Å². The summed E-state index contributed by atoms with van der Waals surface area (Å²) in [5.41, 5.74) is 1.18. The van der Waals surface area contributed by atoms with Gasteiger partial charge in [0, 0.05) is 49.1 Å². The first-order valence-electron chi connectivity index (χ1n) is 11.5. The number of hydrogen-bond donors (Lipinski definition) is 1. The number of aliphatic hydroxyl groups excluding tert-OH is 1. The largest absolute Gasteiger partial charge is 0.393 e. The molecule has 2 saturated heterocycles. The van der Waals surface area contributed by atoms with Crippen LogP contribution in [0.3, 0.4) is 0 Å². The number of aromatic nitrogens is 3. The van der Waals surface area contributed by atoms with E-state index >= 15 is 0 Å². The van der Waals surface area contributed by atoms with E-state index in [0.717, 1.165) is 16.4 Å². The molecular formula is C23H31N5O3S. The fraction of sp³-hybridized carbons (Fsp3) is 0.652. The van der Waals surface area contributed by atoms with Crippen LogP contribution in [0.4, 0.5) is 0 Å². The van der Waals surface area contributed by atoms with E-state index in [1.54, 1.807) is 11.3 Å². The second-order valence-electron chi connectivity index (χ2n) is 9.92. The second kappa shape index (κ2) is 7.95. The van der Waals surface area contributed by atoms with Crippen LogP contribution >= 0.6 is 11.3 Å². The van der Waals surface area contributed by atoms with Gasteiger partial charge in [-0.15, -0.1) is 11.3 Å². The van der Waals surface area contributed by atoms with Crippen LogP contribution in [0.2, 0.25) is 0 Å². The summed E-state index contributed by atoms with van der Waals surface area (Å²) < 4.78 is 2.06. The van der Waals surface area contributed by atoms with Crippen LogP contribution in [0.15, 0.2) is 17.9 Å². The Morgan fingerprint density at radius 2 is 2.16 bits per heavy atom. The third-order valence-electron chi connectivity index (χ3n) is 7.45. The van der Waals surface area contributed by atoms with Crippen molar-refractivity contribution in [2.45, 2.75) is 64.6 Å². The maximum Gasteiger partial charge on any atom is 0.231 e. The lowest BCUT2D eigenvalue weighted by Gasteiger charge is -2.33. The second-order valence-corrected chi connectivity index (χ2v) is 11.0. The zero-order valence-electron chi connectivity index (χ0n) is 18.9. The molecule has 1 N–H and O–H groups in total. The number of rotatable bonds is 5.